The lowest BCUT2D eigenvalue weighted by Gasteiger charge is -2.32. The summed E-state index contributed by atoms with van der Waals surface area (Å²) in [5.41, 5.74) is 0.533. The Morgan fingerprint density at radius 1 is 1.07 bits per heavy atom. The van der Waals surface area contributed by atoms with Crippen molar-refractivity contribution in [2.24, 2.45) is 17.3 Å². The van der Waals surface area contributed by atoms with Crippen molar-refractivity contribution in [2.45, 2.75) is 71.9 Å². The molecular weight excluding hydrogens is 182 g/mol. The summed E-state index contributed by atoms with van der Waals surface area (Å²) in [6.07, 6.45) is 7.04. The highest BCUT2D eigenvalue weighted by Crippen LogP contribution is 2.39. The van der Waals surface area contributed by atoms with Crippen LogP contribution in [0.15, 0.2) is 0 Å². The van der Waals surface area contributed by atoms with Crippen LogP contribution in [-0.4, -0.2) is 12.1 Å². The van der Waals surface area contributed by atoms with Gasteiger partial charge < -0.3 is 5.32 Å². The van der Waals surface area contributed by atoms with Gasteiger partial charge in [-0.25, -0.2) is 0 Å². The molecule has 2 aliphatic carbocycles. The highest BCUT2D eigenvalue weighted by Gasteiger charge is 2.38. The summed E-state index contributed by atoms with van der Waals surface area (Å²) >= 11 is 0. The molecule has 15 heavy (non-hydrogen) atoms. The standard InChI is InChI=1S/C14H27N/c1-10-7-8-12(11(10)2)15-13-6-5-9-14(13,3)4/h10-13,15H,5-9H2,1-4H3. The zero-order valence-corrected chi connectivity index (χ0v) is 10.8. The second kappa shape index (κ2) is 4.08. The van der Waals surface area contributed by atoms with Crippen molar-refractivity contribution < 1.29 is 0 Å². The molecule has 0 bridgehead atoms. The Bertz CT molecular complexity index is 221. The maximum absolute atomic E-state index is 3.95. The van der Waals surface area contributed by atoms with Crippen LogP contribution in [-0.2, 0) is 0 Å². The molecule has 0 spiro atoms. The van der Waals surface area contributed by atoms with Crippen LogP contribution < -0.4 is 5.32 Å². The lowest BCUT2D eigenvalue weighted by Crippen LogP contribution is -2.45. The van der Waals surface area contributed by atoms with E-state index in [-0.39, 0.29) is 0 Å². The summed E-state index contributed by atoms with van der Waals surface area (Å²) in [6.45, 7) is 9.70. The van der Waals surface area contributed by atoms with E-state index in [9.17, 15) is 0 Å². The molecule has 0 heterocycles. The van der Waals surface area contributed by atoms with Crippen LogP contribution in [0.4, 0.5) is 0 Å². The molecule has 2 saturated carbocycles. The maximum atomic E-state index is 3.95. The third-order valence-electron chi connectivity index (χ3n) is 5.14. The zero-order chi connectivity index (χ0) is 11.1. The fourth-order valence-electron chi connectivity index (χ4n) is 3.49. The molecular formula is C14H27N. The minimum atomic E-state index is 0.533. The van der Waals surface area contributed by atoms with Gasteiger partial charge in [0.25, 0.3) is 0 Å². The predicted octanol–water partition coefficient (Wildman–Crippen LogP) is 3.59. The monoisotopic (exact) mass is 209 g/mol. The Kier molecular flexibility index (Phi) is 3.12. The Labute approximate surface area is 95.0 Å². The van der Waals surface area contributed by atoms with Crippen molar-refractivity contribution >= 4 is 0 Å². The van der Waals surface area contributed by atoms with E-state index in [1.54, 1.807) is 0 Å². The Morgan fingerprint density at radius 2 is 1.80 bits per heavy atom. The zero-order valence-electron chi connectivity index (χ0n) is 10.8. The maximum Gasteiger partial charge on any atom is 0.0121 e. The van der Waals surface area contributed by atoms with Crippen LogP contribution in [0.3, 0.4) is 0 Å². The summed E-state index contributed by atoms with van der Waals surface area (Å²) in [5, 5.41) is 3.95. The van der Waals surface area contributed by atoms with Crippen molar-refractivity contribution in [3.63, 3.8) is 0 Å². The molecule has 1 heteroatoms. The van der Waals surface area contributed by atoms with E-state index >= 15 is 0 Å². The van der Waals surface area contributed by atoms with Gasteiger partial charge in [0.1, 0.15) is 0 Å². The van der Waals surface area contributed by atoms with Gasteiger partial charge in [-0.3, -0.25) is 0 Å². The molecule has 0 radical (unpaired) electrons. The van der Waals surface area contributed by atoms with Gasteiger partial charge in [-0.2, -0.15) is 0 Å². The van der Waals surface area contributed by atoms with Crippen molar-refractivity contribution in [1.29, 1.82) is 0 Å². The molecule has 2 aliphatic rings. The van der Waals surface area contributed by atoms with E-state index in [1.807, 2.05) is 0 Å². The molecule has 2 rings (SSSR count). The number of nitrogens with one attached hydrogen (secondary N) is 1. The fraction of sp³-hybridized carbons (Fsp3) is 1.00. The Hall–Kier alpha value is -0.0400. The summed E-state index contributed by atoms with van der Waals surface area (Å²) in [5.74, 6) is 1.80. The lowest BCUT2D eigenvalue weighted by atomic mass is 9.86. The van der Waals surface area contributed by atoms with Gasteiger partial charge in [-0.05, 0) is 42.9 Å². The van der Waals surface area contributed by atoms with Crippen LogP contribution in [0, 0.1) is 17.3 Å². The van der Waals surface area contributed by atoms with E-state index in [0.717, 1.165) is 23.9 Å². The number of hydrogen-bond acceptors (Lipinski definition) is 1. The van der Waals surface area contributed by atoms with Gasteiger partial charge in [0.2, 0.25) is 0 Å². The molecule has 4 unspecified atom stereocenters. The van der Waals surface area contributed by atoms with Crippen LogP contribution in [0.5, 0.6) is 0 Å². The predicted molar refractivity (Wildman–Crippen MR) is 65.9 cm³/mol. The summed E-state index contributed by atoms with van der Waals surface area (Å²) in [6, 6.07) is 1.57. The molecule has 88 valence electrons. The number of hydrogen-bond donors (Lipinski definition) is 1. The summed E-state index contributed by atoms with van der Waals surface area (Å²) < 4.78 is 0. The highest BCUT2D eigenvalue weighted by molar-refractivity contribution is 4.95. The molecule has 0 aromatic carbocycles. The molecule has 1 N–H and O–H groups in total. The third kappa shape index (κ3) is 2.22. The molecule has 1 nitrogen and oxygen atoms in total. The van der Waals surface area contributed by atoms with Crippen molar-refractivity contribution in [3.05, 3.63) is 0 Å². The van der Waals surface area contributed by atoms with Gasteiger partial charge in [0.05, 0.1) is 0 Å². The first-order valence-electron chi connectivity index (χ1n) is 6.77. The first-order chi connectivity index (χ1) is 7.00. The van der Waals surface area contributed by atoms with Crippen LogP contribution >= 0.6 is 0 Å². The number of rotatable bonds is 2. The minimum absolute atomic E-state index is 0.533. The van der Waals surface area contributed by atoms with E-state index < -0.39 is 0 Å². The molecule has 0 aromatic heterocycles. The largest absolute Gasteiger partial charge is 0.310 e. The molecule has 2 fully saturated rings. The van der Waals surface area contributed by atoms with E-state index in [1.165, 1.54) is 32.1 Å². The quantitative estimate of drug-likeness (QED) is 0.733. The van der Waals surface area contributed by atoms with Crippen molar-refractivity contribution in [1.82, 2.24) is 5.32 Å². The average Bonchev–Trinajstić information content (AvgIpc) is 2.64. The Morgan fingerprint density at radius 3 is 2.27 bits per heavy atom. The van der Waals surface area contributed by atoms with Crippen molar-refractivity contribution in [3.8, 4) is 0 Å². The molecule has 0 saturated heterocycles. The lowest BCUT2D eigenvalue weighted by molar-refractivity contribution is 0.238. The van der Waals surface area contributed by atoms with Gasteiger partial charge in [-0.15, -0.1) is 0 Å². The van der Waals surface area contributed by atoms with E-state index in [4.69, 9.17) is 0 Å². The summed E-state index contributed by atoms with van der Waals surface area (Å²) in [4.78, 5) is 0. The topological polar surface area (TPSA) is 12.0 Å². The normalized spacial score (nSPS) is 44.8. The first-order valence-corrected chi connectivity index (χ1v) is 6.77. The van der Waals surface area contributed by atoms with Crippen LogP contribution in [0.1, 0.15) is 59.8 Å². The van der Waals surface area contributed by atoms with Crippen molar-refractivity contribution in [2.75, 3.05) is 0 Å². The van der Waals surface area contributed by atoms with E-state index in [2.05, 4.69) is 33.0 Å². The molecule has 0 aromatic rings. The Balaban J connectivity index is 1.92. The first kappa shape index (κ1) is 11.4. The molecule has 0 aliphatic heterocycles. The smallest absolute Gasteiger partial charge is 0.0121 e. The van der Waals surface area contributed by atoms with E-state index in [0.29, 0.717) is 5.41 Å². The SMILES string of the molecule is CC1CCC(NC2CCCC2(C)C)C1C. The molecule has 4 atom stereocenters. The molecule has 0 amide bonds. The average molecular weight is 209 g/mol. The summed E-state index contributed by atoms with van der Waals surface area (Å²) in [7, 11) is 0. The minimum Gasteiger partial charge on any atom is -0.310 e. The van der Waals surface area contributed by atoms with Crippen LogP contribution in [0.25, 0.3) is 0 Å². The highest BCUT2D eigenvalue weighted by atomic mass is 15.0. The third-order valence-corrected chi connectivity index (χ3v) is 5.14. The second-order valence-corrected chi connectivity index (χ2v) is 6.62. The van der Waals surface area contributed by atoms with Gasteiger partial charge >= 0.3 is 0 Å². The van der Waals surface area contributed by atoms with Gasteiger partial charge in [0.15, 0.2) is 0 Å². The van der Waals surface area contributed by atoms with Gasteiger partial charge in [0, 0.05) is 12.1 Å². The second-order valence-electron chi connectivity index (χ2n) is 6.62. The fourth-order valence-corrected chi connectivity index (χ4v) is 3.49. The van der Waals surface area contributed by atoms with Crippen LogP contribution in [0.2, 0.25) is 0 Å². The van der Waals surface area contributed by atoms with Gasteiger partial charge in [-0.1, -0.05) is 34.1 Å².